The van der Waals surface area contributed by atoms with Crippen LogP contribution in [0.4, 0.5) is 4.79 Å². The zero-order valence-electron chi connectivity index (χ0n) is 21.7. The van der Waals surface area contributed by atoms with E-state index >= 15 is 0 Å². The van der Waals surface area contributed by atoms with Crippen molar-refractivity contribution in [1.82, 2.24) is 10.2 Å². The number of pyridine rings is 1. The van der Waals surface area contributed by atoms with Crippen molar-refractivity contribution in [2.45, 2.75) is 20.0 Å². The minimum absolute atomic E-state index is 0. The summed E-state index contributed by atoms with van der Waals surface area (Å²) >= 11 is 3.43. The molecule has 0 spiro atoms. The quantitative estimate of drug-likeness (QED) is 0.148. The molecular formula is C30H31BrIN3O4. The smallest absolute Gasteiger partial charge is 0.410 e. The van der Waals surface area contributed by atoms with Crippen LogP contribution in [-0.4, -0.2) is 43.2 Å². The van der Waals surface area contributed by atoms with E-state index < -0.39 is 6.09 Å². The first kappa shape index (κ1) is 30.4. The van der Waals surface area contributed by atoms with Crippen molar-refractivity contribution in [3.8, 4) is 5.75 Å². The maximum atomic E-state index is 13.0. The summed E-state index contributed by atoms with van der Waals surface area (Å²) in [7, 11) is 0. The second-order valence-electron chi connectivity index (χ2n) is 8.68. The van der Waals surface area contributed by atoms with Crippen molar-refractivity contribution in [3.05, 3.63) is 107 Å². The molecule has 2 amide bonds. The van der Waals surface area contributed by atoms with Crippen molar-refractivity contribution < 1.29 is 47.6 Å². The molecule has 39 heavy (non-hydrogen) atoms. The number of fused-ring (bicyclic) bond motifs is 1. The molecule has 4 aromatic rings. The summed E-state index contributed by atoms with van der Waals surface area (Å²) in [6, 6.07) is 25.4. The molecule has 0 atom stereocenters. The number of aryl methyl sites for hydroxylation is 1. The molecule has 0 bridgehead atoms. The highest BCUT2D eigenvalue weighted by Crippen LogP contribution is 2.25. The highest BCUT2D eigenvalue weighted by molar-refractivity contribution is 9.10. The van der Waals surface area contributed by atoms with Crippen LogP contribution in [0, 0.1) is 0 Å². The van der Waals surface area contributed by atoms with Gasteiger partial charge in [0.05, 0.1) is 17.6 Å². The number of carbonyl (C=O) groups excluding carboxylic acids is 2. The molecule has 7 nitrogen and oxygen atoms in total. The van der Waals surface area contributed by atoms with Crippen LogP contribution in [0.15, 0.2) is 95.7 Å². The molecule has 9 heteroatoms. The van der Waals surface area contributed by atoms with Gasteiger partial charge in [-0.1, -0.05) is 66.7 Å². The van der Waals surface area contributed by atoms with Crippen molar-refractivity contribution in [2.24, 2.45) is 0 Å². The first-order valence-electron chi connectivity index (χ1n) is 12.6. The Labute approximate surface area is 254 Å². The van der Waals surface area contributed by atoms with Gasteiger partial charge in [0, 0.05) is 11.9 Å². The molecule has 4 rings (SSSR count). The van der Waals surface area contributed by atoms with E-state index in [-0.39, 0.29) is 43.0 Å². The normalized spacial score (nSPS) is 10.4. The molecule has 1 aromatic heterocycles. The Morgan fingerprint density at radius 2 is 1.69 bits per heavy atom. The molecule has 1 N–H and O–H groups in total. The minimum Gasteiger partial charge on any atom is -1.00 e. The average molecular weight is 704 g/mol. The van der Waals surface area contributed by atoms with Gasteiger partial charge in [-0.05, 0) is 45.9 Å². The predicted molar refractivity (Wildman–Crippen MR) is 150 cm³/mol. The first-order chi connectivity index (χ1) is 18.5. The van der Waals surface area contributed by atoms with Gasteiger partial charge in [-0.2, -0.15) is 0 Å². The summed E-state index contributed by atoms with van der Waals surface area (Å²) < 4.78 is 14.3. The summed E-state index contributed by atoms with van der Waals surface area (Å²) in [5.74, 6) is 0.546. The number of aromatic nitrogens is 1. The van der Waals surface area contributed by atoms with E-state index in [1.54, 1.807) is 17.2 Å². The van der Waals surface area contributed by atoms with E-state index in [0.717, 1.165) is 33.1 Å². The monoisotopic (exact) mass is 703 g/mol. The lowest BCUT2D eigenvalue weighted by atomic mass is 10.1. The van der Waals surface area contributed by atoms with Crippen LogP contribution in [0.5, 0.6) is 5.75 Å². The van der Waals surface area contributed by atoms with E-state index in [4.69, 9.17) is 9.47 Å². The molecule has 0 aliphatic heterocycles. The molecular weight excluding hydrogens is 673 g/mol. The predicted octanol–water partition coefficient (Wildman–Crippen LogP) is 2.36. The van der Waals surface area contributed by atoms with Gasteiger partial charge in [0.1, 0.15) is 31.1 Å². The molecule has 0 aliphatic carbocycles. The fourth-order valence-corrected chi connectivity index (χ4v) is 4.54. The number of ether oxygens (including phenoxy) is 2. The molecule has 0 aliphatic rings. The molecule has 0 fully saturated rings. The SMILES string of the molecule is CC[n+]1cc(Br)cc(C(=O)NCCOC(=O)N(CCOc2cccc3ccccc23)Cc2ccccc2)c1.[I-]. The second-order valence-corrected chi connectivity index (χ2v) is 9.59. The van der Waals surface area contributed by atoms with Crippen LogP contribution in [-0.2, 0) is 17.8 Å². The molecule has 204 valence electrons. The average Bonchev–Trinajstić information content (AvgIpc) is 2.94. The van der Waals surface area contributed by atoms with Crippen LogP contribution in [0.2, 0.25) is 0 Å². The topological polar surface area (TPSA) is 71.8 Å². The Morgan fingerprint density at radius 1 is 0.949 bits per heavy atom. The number of nitrogens with one attached hydrogen (secondary N) is 1. The lowest BCUT2D eigenvalue weighted by Crippen LogP contribution is -3.00. The van der Waals surface area contributed by atoms with Gasteiger partial charge in [0.15, 0.2) is 12.4 Å². The van der Waals surface area contributed by atoms with Gasteiger partial charge in [-0.3, -0.25) is 4.79 Å². The Morgan fingerprint density at radius 3 is 2.49 bits per heavy atom. The maximum absolute atomic E-state index is 13.0. The summed E-state index contributed by atoms with van der Waals surface area (Å²) in [6.07, 6.45) is 3.23. The van der Waals surface area contributed by atoms with Crippen molar-refractivity contribution in [1.29, 1.82) is 0 Å². The number of rotatable bonds is 11. The van der Waals surface area contributed by atoms with Crippen LogP contribution >= 0.6 is 15.9 Å². The van der Waals surface area contributed by atoms with Crippen molar-refractivity contribution >= 4 is 38.7 Å². The molecule has 0 saturated carbocycles. The number of halogens is 2. The van der Waals surface area contributed by atoms with Gasteiger partial charge in [-0.25, -0.2) is 9.36 Å². The lowest BCUT2D eigenvalue weighted by molar-refractivity contribution is -0.694. The van der Waals surface area contributed by atoms with Crippen molar-refractivity contribution in [3.63, 3.8) is 0 Å². The number of hydrogen-bond acceptors (Lipinski definition) is 4. The van der Waals surface area contributed by atoms with Gasteiger partial charge in [0.25, 0.3) is 5.91 Å². The Balaban J connectivity index is 0.00000420. The summed E-state index contributed by atoms with van der Waals surface area (Å²) in [5.41, 5.74) is 1.52. The lowest BCUT2D eigenvalue weighted by Gasteiger charge is -2.22. The summed E-state index contributed by atoms with van der Waals surface area (Å²) in [5, 5.41) is 4.93. The molecule has 0 saturated heterocycles. The molecule has 0 radical (unpaired) electrons. The van der Waals surface area contributed by atoms with Gasteiger partial charge < -0.3 is 43.7 Å². The third-order valence-corrected chi connectivity index (χ3v) is 6.40. The third kappa shape index (κ3) is 8.93. The van der Waals surface area contributed by atoms with Crippen LogP contribution in [0.3, 0.4) is 0 Å². The van der Waals surface area contributed by atoms with E-state index in [2.05, 4.69) is 21.2 Å². The standard InChI is InChI=1S/C30H30BrN3O4.HI/c1-2-33-21-25(19-26(31)22-33)29(35)32-15-17-38-30(36)34(20-23-9-4-3-5-10-23)16-18-37-28-14-8-12-24-11-6-7-13-27(24)28;/h3-14,19,21-22H,2,15-18,20H2,1H3;1H. The fraction of sp³-hybridized carbons (Fsp3) is 0.233. The molecule has 1 heterocycles. The maximum Gasteiger partial charge on any atom is 0.410 e. The minimum atomic E-state index is -0.462. The van der Waals surface area contributed by atoms with Gasteiger partial charge >= 0.3 is 6.09 Å². The number of hydrogen-bond donors (Lipinski definition) is 1. The zero-order chi connectivity index (χ0) is 26.7. The van der Waals surface area contributed by atoms with Crippen molar-refractivity contribution in [2.75, 3.05) is 26.3 Å². The number of benzene rings is 3. The van der Waals surface area contributed by atoms with E-state index in [1.807, 2.05) is 90.5 Å². The van der Waals surface area contributed by atoms with Crippen LogP contribution < -0.4 is 38.6 Å². The Kier molecular flexibility index (Phi) is 12.0. The first-order valence-corrected chi connectivity index (χ1v) is 13.4. The summed E-state index contributed by atoms with van der Waals surface area (Å²) in [4.78, 5) is 27.1. The fourth-order valence-electron chi connectivity index (χ4n) is 4.03. The van der Waals surface area contributed by atoms with Gasteiger partial charge in [-0.15, -0.1) is 0 Å². The highest BCUT2D eigenvalue weighted by Gasteiger charge is 2.17. The Bertz CT molecular complexity index is 1380. The highest BCUT2D eigenvalue weighted by atomic mass is 127. The largest absolute Gasteiger partial charge is 1.00 e. The molecule has 0 unspecified atom stereocenters. The van der Waals surface area contributed by atoms with Gasteiger partial charge in [0.2, 0.25) is 0 Å². The van der Waals surface area contributed by atoms with E-state index in [0.29, 0.717) is 25.3 Å². The van der Waals surface area contributed by atoms with Crippen LogP contribution in [0.1, 0.15) is 22.8 Å². The number of carbonyl (C=O) groups is 2. The summed E-state index contributed by atoms with van der Waals surface area (Å²) in [6.45, 7) is 4.06. The van der Waals surface area contributed by atoms with E-state index in [9.17, 15) is 9.59 Å². The second kappa shape index (κ2) is 15.4. The zero-order valence-corrected chi connectivity index (χ0v) is 25.4. The third-order valence-electron chi connectivity index (χ3n) is 5.97. The van der Waals surface area contributed by atoms with Crippen LogP contribution in [0.25, 0.3) is 10.8 Å². The number of nitrogens with zero attached hydrogens (tertiary/aromatic N) is 2. The van der Waals surface area contributed by atoms with E-state index in [1.165, 1.54) is 0 Å². The number of amides is 2. The molecule has 3 aromatic carbocycles. The Hall–Kier alpha value is -3.18.